The summed E-state index contributed by atoms with van der Waals surface area (Å²) in [5, 5.41) is 27.4. The minimum Gasteiger partial charge on any atom is -0.507 e. The quantitative estimate of drug-likeness (QED) is 0.327. The third-order valence-electron chi connectivity index (χ3n) is 5.36. The number of nitrogens with zero attached hydrogens (tertiary/aromatic N) is 3. The highest BCUT2D eigenvalue weighted by Gasteiger charge is 2.31. The minimum atomic E-state index is -4.22. The highest BCUT2D eigenvalue weighted by atomic mass is 35.5. The average Bonchev–Trinajstić information content (AvgIpc) is 3.43. The van der Waals surface area contributed by atoms with Gasteiger partial charge in [-0.2, -0.15) is 9.40 Å². The van der Waals surface area contributed by atoms with Crippen molar-refractivity contribution in [3.05, 3.63) is 75.9 Å². The summed E-state index contributed by atoms with van der Waals surface area (Å²) in [4.78, 5) is 15.0. The summed E-state index contributed by atoms with van der Waals surface area (Å²) in [6, 6.07) is 11.4. The highest BCUT2D eigenvalue weighted by Crippen LogP contribution is 2.39. The van der Waals surface area contributed by atoms with E-state index in [0.717, 1.165) is 21.0 Å². The lowest BCUT2D eigenvalue weighted by Gasteiger charge is -2.24. The van der Waals surface area contributed by atoms with Crippen LogP contribution < -0.4 is 5.69 Å². The predicted octanol–water partition coefficient (Wildman–Crippen LogP) is 3.00. The molecule has 1 atom stereocenters. The number of sulfonamides is 1. The number of hydrogen-bond donors (Lipinski definition) is 4. The van der Waals surface area contributed by atoms with E-state index in [1.807, 2.05) is 0 Å². The Bertz CT molecular complexity index is 1480. The molecule has 0 fully saturated rings. The summed E-state index contributed by atoms with van der Waals surface area (Å²) < 4.78 is 28.9. The van der Waals surface area contributed by atoms with E-state index in [-0.39, 0.29) is 22.1 Å². The molecule has 12 heteroatoms. The molecule has 33 heavy (non-hydrogen) atoms. The number of phenolic OH excluding ortho intramolecular Hbond substituents is 2. The van der Waals surface area contributed by atoms with Gasteiger partial charge in [-0.05, 0) is 37.3 Å². The highest BCUT2D eigenvalue weighted by molar-refractivity contribution is 7.89. The van der Waals surface area contributed by atoms with Crippen LogP contribution in [0.3, 0.4) is 0 Å². The van der Waals surface area contributed by atoms with Gasteiger partial charge in [-0.25, -0.2) is 22.9 Å². The number of para-hydroxylation sites is 1. The Kier molecular flexibility index (Phi) is 5.78. The molecule has 0 aliphatic rings. The molecule has 172 valence electrons. The Hall–Kier alpha value is -3.54. The molecule has 4 rings (SSSR count). The third-order valence-corrected chi connectivity index (χ3v) is 7.64. The molecule has 0 saturated heterocycles. The molecule has 0 spiro atoms. The maximum atomic E-state index is 13.4. The summed E-state index contributed by atoms with van der Waals surface area (Å²) >= 11 is 6.23. The average molecular weight is 490 g/mol. The molecule has 2 aromatic heterocycles. The van der Waals surface area contributed by atoms with Crippen molar-refractivity contribution < 1.29 is 18.6 Å². The van der Waals surface area contributed by atoms with Crippen molar-refractivity contribution in [1.29, 1.82) is 0 Å². The van der Waals surface area contributed by atoms with Crippen molar-refractivity contribution >= 4 is 21.6 Å². The van der Waals surface area contributed by atoms with Crippen LogP contribution in [-0.2, 0) is 10.0 Å². The zero-order valence-electron chi connectivity index (χ0n) is 17.5. The molecular weight excluding hydrogens is 470 g/mol. The molecule has 0 bridgehead atoms. The van der Waals surface area contributed by atoms with Crippen LogP contribution in [0.2, 0.25) is 5.02 Å². The van der Waals surface area contributed by atoms with E-state index in [1.54, 1.807) is 49.5 Å². The number of benzene rings is 2. The third kappa shape index (κ3) is 3.90. The van der Waals surface area contributed by atoms with Crippen molar-refractivity contribution in [3.8, 4) is 28.6 Å². The summed E-state index contributed by atoms with van der Waals surface area (Å²) in [6.45, 7) is 1.69. The molecule has 0 aliphatic heterocycles. The van der Waals surface area contributed by atoms with Gasteiger partial charge in [0.05, 0.1) is 22.3 Å². The smallest absolute Gasteiger partial charge is 0.348 e. The first-order valence-corrected chi connectivity index (χ1v) is 11.5. The van der Waals surface area contributed by atoms with Crippen LogP contribution in [0.5, 0.6) is 11.5 Å². The molecule has 2 aromatic carbocycles. The topological polar surface area (TPSA) is 144 Å². The molecule has 2 heterocycles. The van der Waals surface area contributed by atoms with Crippen molar-refractivity contribution in [1.82, 2.24) is 24.1 Å². The Morgan fingerprint density at radius 1 is 1.12 bits per heavy atom. The standard InChI is InChI=1S/C21H20ClN5O5S/c1-12(15-7-5-9-23-15)26(2)33(31,32)19-10-13(17(28)11-18(19)29)20-24-25-21(30)27(20)16-8-4-3-6-14(16)22/h3-12,23,28-29H,1-2H3,(H,25,30). The number of rotatable bonds is 6. The second kappa shape index (κ2) is 8.43. The van der Waals surface area contributed by atoms with Crippen molar-refractivity contribution in [2.75, 3.05) is 7.05 Å². The van der Waals surface area contributed by atoms with Crippen LogP contribution >= 0.6 is 11.6 Å². The first-order valence-electron chi connectivity index (χ1n) is 9.73. The van der Waals surface area contributed by atoms with E-state index >= 15 is 0 Å². The second-order valence-electron chi connectivity index (χ2n) is 7.30. The van der Waals surface area contributed by atoms with E-state index in [4.69, 9.17) is 11.6 Å². The molecule has 0 radical (unpaired) electrons. The number of aromatic hydroxyl groups is 2. The van der Waals surface area contributed by atoms with Gasteiger partial charge < -0.3 is 15.2 Å². The first-order chi connectivity index (χ1) is 15.6. The first kappa shape index (κ1) is 22.6. The second-order valence-corrected chi connectivity index (χ2v) is 9.67. The fourth-order valence-corrected chi connectivity index (χ4v) is 5.09. The number of halogens is 1. The lowest BCUT2D eigenvalue weighted by molar-refractivity contribution is 0.387. The molecule has 0 aliphatic carbocycles. The fraction of sp³-hybridized carbons (Fsp3) is 0.143. The Morgan fingerprint density at radius 2 is 1.85 bits per heavy atom. The van der Waals surface area contributed by atoms with Gasteiger partial charge in [0.15, 0.2) is 5.82 Å². The van der Waals surface area contributed by atoms with Gasteiger partial charge in [-0.15, -0.1) is 0 Å². The van der Waals surface area contributed by atoms with E-state index in [0.29, 0.717) is 5.69 Å². The summed E-state index contributed by atoms with van der Waals surface area (Å²) in [6.07, 6.45) is 1.67. The molecule has 4 aromatic rings. The Balaban J connectivity index is 1.87. The maximum absolute atomic E-state index is 13.4. The van der Waals surface area contributed by atoms with Crippen molar-refractivity contribution in [2.24, 2.45) is 0 Å². The number of phenols is 2. The lowest BCUT2D eigenvalue weighted by atomic mass is 10.1. The normalized spacial score (nSPS) is 12.8. The summed E-state index contributed by atoms with van der Waals surface area (Å²) in [5.41, 5.74) is 0.194. The van der Waals surface area contributed by atoms with Gasteiger partial charge in [0.2, 0.25) is 10.0 Å². The molecular formula is C21H20ClN5O5S. The number of hydrogen-bond acceptors (Lipinski definition) is 6. The predicted molar refractivity (Wildman–Crippen MR) is 122 cm³/mol. The fourth-order valence-electron chi connectivity index (χ4n) is 3.44. The van der Waals surface area contributed by atoms with Crippen LogP contribution in [-0.4, -0.2) is 49.7 Å². The number of aromatic amines is 2. The van der Waals surface area contributed by atoms with Crippen molar-refractivity contribution in [3.63, 3.8) is 0 Å². The van der Waals surface area contributed by atoms with Gasteiger partial charge in [0.1, 0.15) is 16.4 Å². The maximum Gasteiger partial charge on any atom is 0.348 e. The summed E-state index contributed by atoms with van der Waals surface area (Å²) in [5.74, 6) is -1.20. The summed E-state index contributed by atoms with van der Waals surface area (Å²) in [7, 11) is -2.84. The molecule has 1 unspecified atom stereocenters. The van der Waals surface area contributed by atoms with Gasteiger partial charge in [0, 0.05) is 25.0 Å². The Labute approximate surface area is 193 Å². The van der Waals surface area contributed by atoms with Gasteiger partial charge in [0.25, 0.3) is 0 Å². The van der Waals surface area contributed by atoms with Gasteiger partial charge >= 0.3 is 5.69 Å². The van der Waals surface area contributed by atoms with E-state index < -0.39 is 38.1 Å². The van der Waals surface area contributed by atoms with Crippen LogP contribution in [0.4, 0.5) is 0 Å². The molecule has 4 N–H and O–H groups in total. The number of nitrogens with one attached hydrogen (secondary N) is 2. The number of aromatic nitrogens is 4. The monoisotopic (exact) mass is 489 g/mol. The van der Waals surface area contributed by atoms with Crippen molar-refractivity contribution in [2.45, 2.75) is 17.9 Å². The van der Waals surface area contributed by atoms with Crippen LogP contribution in [0.25, 0.3) is 17.1 Å². The SMILES string of the molecule is CC(c1ccc[nH]1)N(C)S(=O)(=O)c1cc(-c2n[nH]c(=O)n2-c2ccccc2Cl)c(O)cc1O. The van der Waals surface area contributed by atoms with Crippen LogP contribution in [0.15, 0.2) is 64.4 Å². The largest absolute Gasteiger partial charge is 0.507 e. The van der Waals surface area contributed by atoms with Crippen LogP contribution in [0, 0.1) is 0 Å². The molecule has 10 nitrogen and oxygen atoms in total. The zero-order valence-corrected chi connectivity index (χ0v) is 19.1. The van der Waals surface area contributed by atoms with Gasteiger partial charge in [-0.1, -0.05) is 23.7 Å². The zero-order chi connectivity index (χ0) is 23.9. The number of H-pyrrole nitrogens is 2. The lowest BCUT2D eigenvalue weighted by Crippen LogP contribution is -2.30. The van der Waals surface area contributed by atoms with E-state index in [1.165, 1.54) is 7.05 Å². The molecule has 0 amide bonds. The minimum absolute atomic E-state index is 0.0814. The van der Waals surface area contributed by atoms with E-state index in [2.05, 4.69) is 15.2 Å². The van der Waals surface area contributed by atoms with E-state index in [9.17, 15) is 23.4 Å². The molecule has 0 saturated carbocycles. The Morgan fingerprint density at radius 3 is 2.52 bits per heavy atom. The van der Waals surface area contributed by atoms with Crippen LogP contribution in [0.1, 0.15) is 18.7 Å². The van der Waals surface area contributed by atoms with Gasteiger partial charge in [-0.3, -0.25) is 0 Å².